The van der Waals surface area contributed by atoms with Crippen molar-refractivity contribution in [3.05, 3.63) is 42.5 Å². The Balaban J connectivity index is 2.29. The van der Waals surface area contributed by atoms with Crippen LogP contribution in [0.4, 0.5) is 0 Å². The van der Waals surface area contributed by atoms with Crippen LogP contribution in [-0.4, -0.2) is 18.6 Å². The van der Waals surface area contributed by atoms with Gasteiger partial charge in [-0.2, -0.15) is 4.98 Å². The Morgan fingerprint density at radius 1 is 1.27 bits per heavy atom. The summed E-state index contributed by atoms with van der Waals surface area (Å²) in [6, 6.07) is 8.13. The summed E-state index contributed by atoms with van der Waals surface area (Å²) in [6.45, 7) is 0. The summed E-state index contributed by atoms with van der Waals surface area (Å²) in [5.74, 6) is -0.164. The molecular weight excluding hydrogens is 216 g/mol. The number of rotatable bonds is 3. The molecule has 1 aromatic heterocycles. The van der Waals surface area contributed by atoms with Gasteiger partial charge in [0.1, 0.15) is 5.75 Å². The number of sulfone groups is 1. The van der Waals surface area contributed by atoms with Crippen LogP contribution in [-0.2, 0) is 15.6 Å². The Labute approximate surface area is 86.7 Å². The highest BCUT2D eigenvalue weighted by Gasteiger charge is 2.17. The van der Waals surface area contributed by atoms with E-state index in [0.717, 1.165) is 0 Å². The highest BCUT2D eigenvalue weighted by atomic mass is 32.2. The van der Waals surface area contributed by atoms with Crippen LogP contribution < -0.4 is 0 Å². The first kappa shape index (κ1) is 9.85. The lowest BCUT2D eigenvalue weighted by molar-refractivity contribution is 0.404. The highest BCUT2D eigenvalue weighted by Crippen LogP contribution is 2.13. The summed E-state index contributed by atoms with van der Waals surface area (Å²) >= 11 is 0. The van der Waals surface area contributed by atoms with E-state index in [2.05, 4.69) is 21.1 Å². The molecule has 15 heavy (non-hydrogen) atoms. The van der Waals surface area contributed by atoms with E-state index >= 15 is 0 Å². The molecule has 0 amide bonds. The maximum Gasteiger partial charge on any atom is 0.316 e. The minimum absolute atomic E-state index is 0.110. The molecule has 0 aliphatic rings. The van der Waals surface area contributed by atoms with Crippen molar-refractivity contribution in [2.45, 2.75) is 10.6 Å². The van der Waals surface area contributed by atoms with Crippen molar-refractivity contribution in [1.29, 1.82) is 0 Å². The van der Waals surface area contributed by atoms with Gasteiger partial charge in [0, 0.05) is 0 Å². The zero-order valence-corrected chi connectivity index (χ0v) is 8.44. The fourth-order valence-electron chi connectivity index (χ4n) is 1.11. The van der Waals surface area contributed by atoms with Gasteiger partial charge in [0.15, 0.2) is 15.7 Å². The highest BCUT2D eigenvalue weighted by molar-refractivity contribution is 7.90. The Kier molecular flexibility index (Phi) is 2.51. The van der Waals surface area contributed by atoms with Crippen LogP contribution in [0.15, 0.2) is 39.8 Å². The van der Waals surface area contributed by atoms with Gasteiger partial charge in [-0.15, -0.1) is 0 Å². The molecule has 1 aromatic carbocycles. The summed E-state index contributed by atoms with van der Waals surface area (Å²) in [5, 5.41) is 3.41. The van der Waals surface area contributed by atoms with Gasteiger partial charge in [0.05, 0.1) is 4.90 Å². The minimum atomic E-state index is -3.39. The van der Waals surface area contributed by atoms with Gasteiger partial charge < -0.3 is 4.52 Å². The van der Waals surface area contributed by atoms with Crippen LogP contribution >= 0.6 is 0 Å². The van der Waals surface area contributed by atoms with Gasteiger partial charge in [0.2, 0.25) is 0 Å². The minimum Gasteiger partial charge on any atom is -0.329 e. The SMILES string of the molecule is O=S(=O)(Cc1n[c]on1)c1ccccc1. The summed E-state index contributed by atoms with van der Waals surface area (Å²) in [6.07, 6.45) is 2.10. The first-order valence-electron chi connectivity index (χ1n) is 4.15. The summed E-state index contributed by atoms with van der Waals surface area (Å²) in [5.41, 5.74) is 0. The Bertz CT molecular complexity index is 520. The second-order valence-corrected chi connectivity index (χ2v) is 4.86. The fraction of sp³-hybridized carbons (Fsp3) is 0.111. The average molecular weight is 223 g/mol. The van der Waals surface area contributed by atoms with Crippen LogP contribution in [0.25, 0.3) is 0 Å². The van der Waals surface area contributed by atoms with Crippen LogP contribution in [0, 0.1) is 6.39 Å². The third-order valence-corrected chi connectivity index (χ3v) is 3.42. The predicted molar refractivity (Wildman–Crippen MR) is 50.5 cm³/mol. The lowest BCUT2D eigenvalue weighted by Gasteiger charge is -1.99. The van der Waals surface area contributed by atoms with E-state index < -0.39 is 9.84 Å². The van der Waals surface area contributed by atoms with Crippen molar-refractivity contribution in [1.82, 2.24) is 10.1 Å². The van der Waals surface area contributed by atoms with E-state index in [0.29, 0.717) is 0 Å². The van der Waals surface area contributed by atoms with E-state index in [-0.39, 0.29) is 16.5 Å². The molecule has 0 unspecified atom stereocenters. The number of hydrogen-bond donors (Lipinski definition) is 0. The smallest absolute Gasteiger partial charge is 0.316 e. The van der Waals surface area contributed by atoms with Crippen LogP contribution in [0.2, 0.25) is 0 Å². The Morgan fingerprint density at radius 2 is 2.00 bits per heavy atom. The van der Waals surface area contributed by atoms with Crippen molar-refractivity contribution in [2.24, 2.45) is 0 Å². The van der Waals surface area contributed by atoms with Crippen molar-refractivity contribution in [2.75, 3.05) is 0 Å². The monoisotopic (exact) mass is 223 g/mol. The first-order chi connectivity index (χ1) is 7.18. The molecule has 0 N–H and O–H groups in total. The van der Waals surface area contributed by atoms with Gasteiger partial charge in [-0.05, 0) is 12.1 Å². The molecule has 1 heterocycles. The van der Waals surface area contributed by atoms with Crippen LogP contribution in [0.3, 0.4) is 0 Å². The molecule has 5 nitrogen and oxygen atoms in total. The Hall–Kier alpha value is -1.69. The van der Waals surface area contributed by atoms with Crippen molar-refractivity contribution in [3.8, 4) is 0 Å². The summed E-state index contributed by atoms with van der Waals surface area (Å²) in [4.78, 5) is 3.79. The molecule has 0 aliphatic heterocycles. The molecular formula is C9H7N2O3S. The van der Waals surface area contributed by atoms with Gasteiger partial charge in [-0.1, -0.05) is 23.4 Å². The molecule has 1 radical (unpaired) electrons. The van der Waals surface area contributed by atoms with Gasteiger partial charge in [-0.3, -0.25) is 0 Å². The van der Waals surface area contributed by atoms with E-state index in [9.17, 15) is 8.42 Å². The standard InChI is InChI=1S/C9H7N2O3S/c12-15(13,6-9-10-7-14-11-9)8-4-2-1-3-5-8/h1-5H,6H2. The quantitative estimate of drug-likeness (QED) is 0.771. The van der Waals surface area contributed by atoms with Gasteiger partial charge >= 0.3 is 6.39 Å². The predicted octanol–water partition coefficient (Wildman–Crippen LogP) is 0.844. The zero-order valence-electron chi connectivity index (χ0n) is 7.62. The number of nitrogens with zero attached hydrogens (tertiary/aromatic N) is 2. The van der Waals surface area contributed by atoms with E-state index in [1.165, 1.54) is 12.1 Å². The van der Waals surface area contributed by atoms with E-state index in [1.807, 2.05) is 0 Å². The largest absolute Gasteiger partial charge is 0.329 e. The molecule has 0 fully saturated rings. The molecule has 0 bridgehead atoms. The molecule has 0 saturated heterocycles. The molecule has 2 rings (SSSR count). The van der Waals surface area contributed by atoms with Crippen molar-refractivity contribution in [3.63, 3.8) is 0 Å². The second kappa shape index (κ2) is 3.82. The number of benzene rings is 1. The molecule has 0 spiro atoms. The van der Waals surface area contributed by atoms with Crippen LogP contribution in [0.1, 0.15) is 5.82 Å². The first-order valence-corrected chi connectivity index (χ1v) is 5.80. The van der Waals surface area contributed by atoms with Gasteiger partial charge in [-0.25, -0.2) is 8.42 Å². The molecule has 0 saturated carbocycles. The maximum absolute atomic E-state index is 11.8. The molecule has 0 aliphatic carbocycles. The molecule has 0 atom stereocenters. The third kappa shape index (κ3) is 2.21. The normalized spacial score (nSPS) is 11.5. The topological polar surface area (TPSA) is 73.1 Å². The second-order valence-electron chi connectivity index (χ2n) is 2.87. The summed E-state index contributed by atoms with van der Waals surface area (Å²) < 4.78 is 27.9. The van der Waals surface area contributed by atoms with Crippen molar-refractivity contribution < 1.29 is 12.9 Å². The molecule has 77 valence electrons. The van der Waals surface area contributed by atoms with Crippen molar-refractivity contribution >= 4 is 9.84 Å². The third-order valence-electron chi connectivity index (χ3n) is 1.79. The van der Waals surface area contributed by atoms with Crippen LogP contribution in [0.5, 0.6) is 0 Å². The lowest BCUT2D eigenvalue weighted by Crippen LogP contribution is -2.05. The van der Waals surface area contributed by atoms with E-state index in [4.69, 9.17) is 0 Å². The lowest BCUT2D eigenvalue weighted by atomic mass is 10.4. The molecule has 2 aromatic rings. The molecule has 6 heteroatoms. The average Bonchev–Trinajstić information content (AvgIpc) is 2.71. The number of aromatic nitrogens is 2. The fourth-order valence-corrected chi connectivity index (χ4v) is 2.30. The maximum atomic E-state index is 11.8. The Morgan fingerprint density at radius 3 is 2.60 bits per heavy atom. The number of hydrogen-bond acceptors (Lipinski definition) is 5. The zero-order chi connectivity index (χ0) is 10.7. The van der Waals surface area contributed by atoms with E-state index in [1.54, 1.807) is 18.2 Å². The summed E-state index contributed by atoms with van der Waals surface area (Å²) in [7, 11) is -3.39. The van der Waals surface area contributed by atoms with Gasteiger partial charge in [0.25, 0.3) is 0 Å².